The van der Waals surface area contributed by atoms with Gasteiger partial charge in [-0.3, -0.25) is 19.9 Å². The lowest BCUT2D eigenvalue weighted by Crippen LogP contribution is -2.48. The Morgan fingerprint density at radius 3 is 2.65 bits per heavy atom. The molecule has 2 N–H and O–H groups in total. The number of aliphatic imine (C=N–C) groups is 1. The van der Waals surface area contributed by atoms with Crippen molar-refractivity contribution >= 4 is 23.2 Å². The monoisotopic (exact) mass is 287 g/mol. The minimum atomic E-state index is -0.438. The van der Waals surface area contributed by atoms with Gasteiger partial charge in [0.2, 0.25) is 0 Å². The summed E-state index contributed by atoms with van der Waals surface area (Å²) >= 11 is 5.94. The summed E-state index contributed by atoms with van der Waals surface area (Å²) in [5.74, 6) is 0.473. The SMILES string of the molecule is CC1(c2cnccn2)CN=C(N)N1c1ccc(Cl)cc1. The molecule has 20 heavy (non-hydrogen) atoms. The fourth-order valence-electron chi connectivity index (χ4n) is 2.41. The van der Waals surface area contributed by atoms with Gasteiger partial charge in [-0.2, -0.15) is 0 Å². The van der Waals surface area contributed by atoms with Crippen LogP contribution in [0.15, 0.2) is 47.8 Å². The van der Waals surface area contributed by atoms with Crippen LogP contribution in [0.1, 0.15) is 12.6 Å². The fourth-order valence-corrected chi connectivity index (χ4v) is 2.54. The van der Waals surface area contributed by atoms with E-state index < -0.39 is 5.54 Å². The van der Waals surface area contributed by atoms with E-state index in [9.17, 15) is 0 Å². The molecule has 2 heterocycles. The van der Waals surface area contributed by atoms with Gasteiger partial charge in [-0.25, -0.2) is 0 Å². The molecule has 0 radical (unpaired) electrons. The molecule has 1 aliphatic heterocycles. The average molecular weight is 288 g/mol. The molecule has 5 nitrogen and oxygen atoms in total. The molecule has 0 saturated carbocycles. The lowest BCUT2D eigenvalue weighted by molar-refractivity contribution is 0.513. The van der Waals surface area contributed by atoms with E-state index in [4.69, 9.17) is 17.3 Å². The molecule has 0 spiro atoms. The van der Waals surface area contributed by atoms with Gasteiger partial charge in [-0.15, -0.1) is 0 Å². The van der Waals surface area contributed by atoms with Gasteiger partial charge in [0.25, 0.3) is 0 Å². The Labute approximate surface area is 122 Å². The van der Waals surface area contributed by atoms with Gasteiger partial charge >= 0.3 is 0 Å². The summed E-state index contributed by atoms with van der Waals surface area (Å²) in [4.78, 5) is 14.9. The van der Waals surface area contributed by atoms with Crippen LogP contribution in [0.5, 0.6) is 0 Å². The highest BCUT2D eigenvalue weighted by atomic mass is 35.5. The van der Waals surface area contributed by atoms with Crippen molar-refractivity contribution in [3.63, 3.8) is 0 Å². The minimum absolute atomic E-state index is 0.438. The smallest absolute Gasteiger partial charge is 0.196 e. The molecule has 6 heteroatoms. The first-order valence-electron chi connectivity index (χ1n) is 6.23. The van der Waals surface area contributed by atoms with Crippen molar-refractivity contribution in [2.24, 2.45) is 10.7 Å². The molecule has 1 aromatic carbocycles. The molecule has 2 aromatic rings. The van der Waals surface area contributed by atoms with Gasteiger partial charge in [0.05, 0.1) is 18.4 Å². The number of hydrogen-bond donors (Lipinski definition) is 1. The normalized spacial score (nSPS) is 21.9. The molecule has 0 bridgehead atoms. The first-order chi connectivity index (χ1) is 9.61. The number of rotatable bonds is 2. The maximum atomic E-state index is 6.06. The van der Waals surface area contributed by atoms with Crippen LogP contribution in [0.4, 0.5) is 5.69 Å². The summed E-state index contributed by atoms with van der Waals surface area (Å²) < 4.78 is 0. The summed E-state index contributed by atoms with van der Waals surface area (Å²) in [7, 11) is 0. The predicted octanol–water partition coefficient (Wildman–Crippen LogP) is 2.18. The zero-order valence-corrected chi connectivity index (χ0v) is 11.7. The Hall–Kier alpha value is -2.14. The summed E-state index contributed by atoms with van der Waals surface area (Å²) in [5.41, 5.74) is 7.38. The quantitative estimate of drug-likeness (QED) is 0.919. The Balaban J connectivity index is 2.06. The highest BCUT2D eigenvalue weighted by molar-refractivity contribution is 6.30. The number of anilines is 1. The molecule has 102 valence electrons. The zero-order valence-electron chi connectivity index (χ0n) is 11.0. The van der Waals surface area contributed by atoms with Crippen molar-refractivity contribution in [1.29, 1.82) is 0 Å². The van der Waals surface area contributed by atoms with Crippen LogP contribution in [0.3, 0.4) is 0 Å². The third kappa shape index (κ3) is 2.00. The topological polar surface area (TPSA) is 67.4 Å². The molecular formula is C14H14ClN5. The standard InChI is InChI=1S/C14H14ClN5/c1-14(12-8-17-6-7-18-12)9-19-13(16)20(14)11-4-2-10(15)3-5-11/h2-8H,9H2,1H3,(H2,16,19). The van der Waals surface area contributed by atoms with E-state index in [2.05, 4.69) is 21.9 Å². The number of hydrogen-bond acceptors (Lipinski definition) is 5. The summed E-state index contributed by atoms with van der Waals surface area (Å²) in [5, 5.41) is 0.685. The number of benzene rings is 1. The summed E-state index contributed by atoms with van der Waals surface area (Å²) in [6, 6.07) is 7.51. The number of nitrogens with two attached hydrogens (primary N) is 1. The highest BCUT2D eigenvalue weighted by Crippen LogP contribution is 2.35. The van der Waals surface area contributed by atoms with E-state index in [1.54, 1.807) is 18.6 Å². The van der Waals surface area contributed by atoms with Gasteiger partial charge in [0.15, 0.2) is 5.96 Å². The van der Waals surface area contributed by atoms with Crippen molar-refractivity contribution < 1.29 is 0 Å². The molecule has 1 atom stereocenters. The van der Waals surface area contributed by atoms with Crippen LogP contribution < -0.4 is 10.6 Å². The van der Waals surface area contributed by atoms with Gasteiger partial charge < -0.3 is 5.73 Å². The lowest BCUT2D eigenvalue weighted by Gasteiger charge is -2.35. The molecule has 1 aromatic heterocycles. The van der Waals surface area contributed by atoms with E-state index in [-0.39, 0.29) is 0 Å². The third-order valence-corrected chi connectivity index (χ3v) is 3.72. The molecule has 0 amide bonds. The molecular weight excluding hydrogens is 274 g/mol. The first-order valence-corrected chi connectivity index (χ1v) is 6.61. The minimum Gasteiger partial charge on any atom is -0.369 e. The number of halogens is 1. The van der Waals surface area contributed by atoms with E-state index in [0.29, 0.717) is 17.5 Å². The second-order valence-corrected chi connectivity index (χ2v) is 5.29. The number of nitrogens with zero attached hydrogens (tertiary/aromatic N) is 4. The van der Waals surface area contributed by atoms with Crippen molar-refractivity contribution in [1.82, 2.24) is 9.97 Å². The molecule has 3 rings (SSSR count). The zero-order chi connectivity index (χ0) is 14.2. The first kappa shape index (κ1) is 12.9. The predicted molar refractivity (Wildman–Crippen MR) is 79.8 cm³/mol. The number of aromatic nitrogens is 2. The van der Waals surface area contributed by atoms with Crippen LogP contribution in [-0.4, -0.2) is 22.5 Å². The molecule has 0 saturated heterocycles. The van der Waals surface area contributed by atoms with Crippen molar-refractivity contribution in [3.8, 4) is 0 Å². The highest BCUT2D eigenvalue weighted by Gasteiger charge is 2.41. The largest absolute Gasteiger partial charge is 0.369 e. The van der Waals surface area contributed by atoms with Gasteiger partial charge in [0.1, 0.15) is 5.54 Å². The second kappa shape index (κ2) is 4.76. The Kier molecular flexibility index (Phi) is 3.06. The van der Waals surface area contributed by atoms with Crippen LogP contribution in [0, 0.1) is 0 Å². The van der Waals surface area contributed by atoms with Crippen LogP contribution in [0.25, 0.3) is 0 Å². The van der Waals surface area contributed by atoms with Gasteiger partial charge in [0, 0.05) is 23.1 Å². The Morgan fingerprint density at radius 2 is 2.00 bits per heavy atom. The van der Waals surface area contributed by atoms with E-state index in [1.165, 1.54) is 0 Å². The Bertz CT molecular complexity index is 640. The molecule has 1 unspecified atom stereocenters. The molecule has 0 fully saturated rings. The number of guanidine groups is 1. The maximum absolute atomic E-state index is 6.06. The van der Waals surface area contributed by atoms with Crippen molar-refractivity contribution in [2.75, 3.05) is 11.4 Å². The van der Waals surface area contributed by atoms with Crippen molar-refractivity contribution in [3.05, 3.63) is 53.6 Å². The van der Waals surface area contributed by atoms with E-state index >= 15 is 0 Å². The van der Waals surface area contributed by atoms with E-state index in [1.807, 2.05) is 29.2 Å². The van der Waals surface area contributed by atoms with Crippen LogP contribution in [0.2, 0.25) is 5.02 Å². The second-order valence-electron chi connectivity index (χ2n) is 4.85. The van der Waals surface area contributed by atoms with E-state index in [0.717, 1.165) is 11.4 Å². The van der Waals surface area contributed by atoms with Crippen LogP contribution in [-0.2, 0) is 5.54 Å². The Morgan fingerprint density at radius 1 is 1.25 bits per heavy atom. The molecule has 1 aliphatic rings. The van der Waals surface area contributed by atoms with Gasteiger partial charge in [-0.1, -0.05) is 11.6 Å². The summed E-state index contributed by atoms with van der Waals surface area (Å²) in [6.45, 7) is 2.59. The van der Waals surface area contributed by atoms with Crippen LogP contribution >= 0.6 is 11.6 Å². The summed E-state index contributed by atoms with van der Waals surface area (Å²) in [6.07, 6.45) is 5.07. The van der Waals surface area contributed by atoms with Crippen molar-refractivity contribution in [2.45, 2.75) is 12.5 Å². The average Bonchev–Trinajstić information content (AvgIpc) is 2.78. The fraction of sp³-hybridized carbons (Fsp3) is 0.214. The maximum Gasteiger partial charge on any atom is 0.196 e. The van der Waals surface area contributed by atoms with Gasteiger partial charge in [-0.05, 0) is 31.2 Å². The molecule has 0 aliphatic carbocycles. The third-order valence-electron chi connectivity index (χ3n) is 3.47. The lowest BCUT2D eigenvalue weighted by atomic mass is 9.96.